The molecule has 3 nitrogen and oxygen atoms in total. The predicted molar refractivity (Wildman–Crippen MR) is 299 cm³/mol. The summed E-state index contributed by atoms with van der Waals surface area (Å²) in [5, 5.41) is 9.66. The second kappa shape index (κ2) is 16.7. The molecule has 0 fully saturated rings. The first-order valence-corrected chi connectivity index (χ1v) is 24.3. The van der Waals surface area contributed by atoms with Crippen LogP contribution in [-0.2, 0) is 0 Å². The van der Waals surface area contributed by atoms with Crippen LogP contribution in [0.4, 0.5) is 17.1 Å². The lowest BCUT2D eigenvalue weighted by molar-refractivity contribution is 0.670. The number of hydrogen-bond donors (Lipinski definition) is 0. The molecule has 0 N–H and O–H groups in total. The van der Waals surface area contributed by atoms with E-state index >= 15 is 0 Å². The molecule has 2 aromatic heterocycles. The minimum atomic E-state index is 0.895. The molecule has 0 saturated heterocycles. The summed E-state index contributed by atoms with van der Waals surface area (Å²) in [6, 6.07) is 96.8. The molecule has 0 amide bonds. The predicted octanol–water partition coefficient (Wildman–Crippen LogP) is 19.1. The van der Waals surface area contributed by atoms with Crippen LogP contribution in [0.2, 0.25) is 0 Å². The van der Waals surface area contributed by atoms with Crippen LogP contribution in [0.5, 0.6) is 0 Å². The molecule has 0 unspecified atom stereocenters. The lowest BCUT2D eigenvalue weighted by Gasteiger charge is -2.30. The quantitative estimate of drug-likeness (QED) is 0.142. The highest BCUT2D eigenvalue weighted by atomic mass is 16.3. The maximum Gasteiger partial charge on any atom is 0.143 e. The fourth-order valence-electron chi connectivity index (χ4n) is 11.2. The third kappa shape index (κ3) is 6.66. The first-order valence-electron chi connectivity index (χ1n) is 24.3. The van der Waals surface area contributed by atoms with Crippen LogP contribution < -0.4 is 4.90 Å². The van der Waals surface area contributed by atoms with Crippen molar-refractivity contribution in [2.24, 2.45) is 0 Å². The van der Waals surface area contributed by atoms with E-state index in [4.69, 9.17) is 4.42 Å². The normalized spacial score (nSPS) is 11.7. The van der Waals surface area contributed by atoms with Crippen LogP contribution in [0, 0.1) is 0 Å². The Bertz CT molecular complexity index is 4310. The van der Waals surface area contributed by atoms with Gasteiger partial charge in [0.2, 0.25) is 0 Å². The van der Waals surface area contributed by atoms with Gasteiger partial charge in [-0.05, 0) is 104 Å². The van der Waals surface area contributed by atoms with Crippen molar-refractivity contribution in [3.8, 4) is 50.2 Å². The number of benzene rings is 12. The lowest BCUT2D eigenvalue weighted by atomic mass is 9.91. The first kappa shape index (κ1) is 40.6. The van der Waals surface area contributed by atoms with Crippen LogP contribution in [-0.4, -0.2) is 4.57 Å². The summed E-state index contributed by atoms with van der Waals surface area (Å²) >= 11 is 0. The molecule has 14 rings (SSSR count). The number of aromatic nitrogens is 1. The largest absolute Gasteiger partial charge is 0.455 e. The van der Waals surface area contributed by atoms with Crippen molar-refractivity contribution in [2.75, 3.05) is 4.90 Å². The van der Waals surface area contributed by atoms with Crippen molar-refractivity contribution < 1.29 is 4.42 Å². The maximum absolute atomic E-state index is 6.55. The van der Waals surface area contributed by atoms with Gasteiger partial charge in [0.15, 0.2) is 0 Å². The molecule has 3 heteroatoms. The Morgan fingerprint density at radius 1 is 0.296 bits per heavy atom. The van der Waals surface area contributed by atoms with E-state index in [9.17, 15) is 0 Å². The Labute approximate surface area is 411 Å². The summed E-state index contributed by atoms with van der Waals surface area (Å²) in [6.07, 6.45) is 0. The average molecular weight is 905 g/mol. The molecule has 0 aliphatic carbocycles. The highest BCUT2D eigenvalue weighted by Crippen LogP contribution is 2.48. The second-order valence-electron chi connectivity index (χ2n) is 18.4. The minimum Gasteiger partial charge on any atom is -0.455 e. The standard InChI is InChI=1S/C68H44N2O/c1-2-22-50-48(19-1)44-61(55-26-4-3-25-54(50)55)58-29-9-13-35-64(58)69(49-41-39-45(40-42-49)53-31-18-32-60-59-30-10-16-38-67(59)71-68(53)60)62-33-11-5-23-51(62)46-20-17-21-47(43-46)52-24-6-12-34-63(52)70-65-36-14-7-27-56(65)57-28-8-15-37-66(57)70/h1-44H. The molecule has 0 aliphatic rings. The monoisotopic (exact) mass is 904 g/mol. The zero-order valence-corrected chi connectivity index (χ0v) is 38.7. The Hall–Kier alpha value is -9.44. The Balaban J connectivity index is 0.959. The van der Waals surface area contributed by atoms with Crippen LogP contribution in [0.15, 0.2) is 271 Å². The van der Waals surface area contributed by atoms with Gasteiger partial charge in [-0.2, -0.15) is 0 Å². The number of nitrogens with zero attached hydrogens (tertiary/aromatic N) is 2. The van der Waals surface area contributed by atoms with Crippen LogP contribution >= 0.6 is 0 Å². The molecular formula is C68H44N2O. The van der Waals surface area contributed by atoms with Crippen molar-refractivity contribution in [1.82, 2.24) is 4.57 Å². The molecule has 12 aromatic carbocycles. The highest BCUT2D eigenvalue weighted by Gasteiger charge is 2.23. The summed E-state index contributed by atoms with van der Waals surface area (Å²) in [6.45, 7) is 0. The van der Waals surface area contributed by atoms with E-state index in [0.717, 1.165) is 78.1 Å². The van der Waals surface area contributed by atoms with E-state index in [2.05, 4.69) is 264 Å². The Morgan fingerprint density at radius 2 is 0.817 bits per heavy atom. The number of rotatable bonds is 8. The van der Waals surface area contributed by atoms with Gasteiger partial charge in [-0.1, -0.05) is 206 Å². The van der Waals surface area contributed by atoms with Crippen molar-refractivity contribution in [2.45, 2.75) is 0 Å². The first-order chi connectivity index (χ1) is 35.2. The Kier molecular flexibility index (Phi) is 9.53. The molecule has 0 aliphatic heterocycles. The van der Waals surface area contributed by atoms with E-state index in [1.54, 1.807) is 0 Å². The van der Waals surface area contributed by atoms with Gasteiger partial charge in [-0.3, -0.25) is 0 Å². The fourth-order valence-corrected chi connectivity index (χ4v) is 11.2. The zero-order chi connectivity index (χ0) is 46.8. The van der Waals surface area contributed by atoms with Gasteiger partial charge >= 0.3 is 0 Å². The summed E-state index contributed by atoms with van der Waals surface area (Å²) in [4.78, 5) is 2.46. The molecule has 0 atom stereocenters. The van der Waals surface area contributed by atoms with Gasteiger partial charge in [0.1, 0.15) is 11.2 Å². The summed E-state index contributed by atoms with van der Waals surface area (Å²) in [5.74, 6) is 0. The highest BCUT2D eigenvalue weighted by molar-refractivity contribution is 6.16. The topological polar surface area (TPSA) is 21.3 Å². The lowest BCUT2D eigenvalue weighted by Crippen LogP contribution is -2.12. The SMILES string of the molecule is c1cc(-c2ccccc2N(c2ccc(-c3cccc4c3oc3ccccc34)cc2)c2ccccc2-c2cc3ccccc3c3ccccc23)cc(-c2ccccc2-n2c3ccccc3c3ccccc32)c1. The van der Waals surface area contributed by atoms with Crippen LogP contribution in [0.3, 0.4) is 0 Å². The third-order valence-electron chi connectivity index (χ3n) is 14.4. The molecule has 0 bridgehead atoms. The minimum absolute atomic E-state index is 0.895. The molecule has 14 aromatic rings. The average Bonchev–Trinajstić information content (AvgIpc) is 4.00. The van der Waals surface area contributed by atoms with E-state index < -0.39 is 0 Å². The maximum atomic E-state index is 6.55. The zero-order valence-electron chi connectivity index (χ0n) is 38.7. The van der Waals surface area contributed by atoms with E-state index in [-0.39, 0.29) is 0 Å². The summed E-state index contributed by atoms with van der Waals surface area (Å²) < 4.78 is 8.97. The third-order valence-corrected chi connectivity index (χ3v) is 14.4. The van der Waals surface area contributed by atoms with Gasteiger partial charge in [0.25, 0.3) is 0 Å². The molecular weight excluding hydrogens is 861 g/mol. The molecule has 2 heterocycles. The van der Waals surface area contributed by atoms with Crippen molar-refractivity contribution in [1.29, 1.82) is 0 Å². The van der Waals surface area contributed by atoms with E-state index in [1.807, 2.05) is 12.1 Å². The van der Waals surface area contributed by atoms with Gasteiger partial charge < -0.3 is 13.9 Å². The second-order valence-corrected chi connectivity index (χ2v) is 18.4. The smallest absolute Gasteiger partial charge is 0.143 e. The molecule has 71 heavy (non-hydrogen) atoms. The van der Waals surface area contributed by atoms with Gasteiger partial charge in [0.05, 0.1) is 28.1 Å². The molecule has 0 spiro atoms. The van der Waals surface area contributed by atoms with Crippen molar-refractivity contribution >= 4 is 82.4 Å². The molecule has 0 saturated carbocycles. The number of fused-ring (bicyclic) bond motifs is 9. The van der Waals surface area contributed by atoms with E-state index in [1.165, 1.54) is 54.5 Å². The van der Waals surface area contributed by atoms with Gasteiger partial charge in [-0.25, -0.2) is 0 Å². The molecule has 332 valence electrons. The van der Waals surface area contributed by atoms with Gasteiger partial charge in [-0.15, -0.1) is 0 Å². The molecule has 0 radical (unpaired) electrons. The number of anilines is 3. The van der Waals surface area contributed by atoms with Gasteiger partial charge in [0, 0.05) is 49.5 Å². The summed E-state index contributed by atoms with van der Waals surface area (Å²) in [5.41, 5.74) is 17.6. The summed E-state index contributed by atoms with van der Waals surface area (Å²) in [7, 11) is 0. The van der Waals surface area contributed by atoms with Crippen molar-refractivity contribution in [3.63, 3.8) is 0 Å². The number of hydrogen-bond acceptors (Lipinski definition) is 2. The fraction of sp³-hybridized carbons (Fsp3) is 0. The van der Waals surface area contributed by atoms with Crippen LogP contribution in [0.1, 0.15) is 0 Å². The van der Waals surface area contributed by atoms with Crippen LogP contribution in [0.25, 0.3) is 115 Å². The van der Waals surface area contributed by atoms with Crippen molar-refractivity contribution in [3.05, 3.63) is 267 Å². The number of para-hydroxylation sites is 7. The number of furan rings is 1. The Morgan fingerprint density at radius 3 is 1.58 bits per heavy atom. The van der Waals surface area contributed by atoms with E-state index in [0.29, 0.717) is 0 Å².